The average Bonchev–Trinajstić information content (AvgIpc) is 2.80. The molecule has 1 saturated heterocycles. The maximum atomic E-state index is 4.63. The molecule has 4 nitrogen and oxygen atoms in total. The molecule has 4 heteroatoms. The smallest absolute Gasteiger partial charge is 0.129 e. The molecule has 98 valence electrons. The van der Waals surface area contributed by atoms with Crippen molar-refractivity contribution in [3.05, 3.63) is 17.6 Å². The third-order valence-corrected chi connectivity index (χ3v) is 4.31. The van der Waals surface area contributed by atoms with Crippen LogP contribution in [0.15, 0.2) is 6.07 Å². The average molecular weight is 246 g/mol. The van der Waals surface area contributed by atoms with Gasteiger partial charge < -0.3 is 5.32 Å². The summed E-state index contributed by atoms with van der Waals surface area (Å²) in [5.74, 6) is 1.81. The van der Waals surface area contributed by atoms with Crippen LogP contribution >= 0.6 is 0 Å². The lowest BCUT2D eigenvalue weighted by Gasteiger charge is -2.44. The van der Waals surface area contributed by atoms with Crippen LogP contribution in [0.25, 0.3) is 0 Å². The number of anilines is 1. The normalized spacial score (nSPS) is 25.1. The predicted octanol–water partition coefficient (Wildman–Crippen LogP) is 2.52. The summed E-state index contributed by atoms with van der Waals surface area (Å²) in [7, 11) is 1.92. The minimum atomic E-state index is 0.530. The molecular formula is C14H22N4. The molecule has 1 atom stereocenters. The molecule has 0 bridgehead atoms. The van der Waals surface area contributed by atoms with Gasteiger partial charge >= 0.3 is 0 Å². The molecular weight excluding hydrogens is 224 g/mol. The number of likely N-dealkylation sites (tertiary alicyclic amines) is 1. The van der Waals surface area contributed by atoms with Crippen molar-refractivity contribution < 1.29 is 0 Å². The second kappa shape index (κ2) is 4.84. The summed E-state index contributed by atoms with van der Waals surface area (Å²) in [4.78, 5) is 11.7. The first kappa shape index (κ1) is 11.9. The van der Waals surface area contributed by atoms with Crippen molar-refractivity contribution in [2.45, 2.75) is 51.1 Å². The molecule has 1 N–H and O–H groups in total. The minimum absolute atomic E-state index is 0.530. The molecule has 1 unspecified atom stereocenters. The predicted molar refractivity (Wildman–Crippen MR) is 72.6 cm³/mol. The molecule has 0 radical (unpaired) electrons. The van der Waals surface area contributed by atoms with Gasteiger partial charge in [-0.05, 0) is 26.2 Å². The van der Waals surface area contributed by atoms with E-state index >= 15 is 0 Å². The van der Waals surface area contributed by atoms with Gasteiger partial charge in [-0.1, -0.05) is 12.8 Å². The highest BCUT2D eigenvalue weighted by Gasteiger charge is 2.37. The first-order chi connectivity index (χ1) is 8.78. The second-order valence-corrected chi connectivity index (χ2v) is 5.46. The Bertz CT molecular complexity index is 426. The molecule has 0 amide bonds. The molecule has 1 aromatic heterocycles. The Kier molecular flexibility index (Phi) is 3.20. The van der Waals surface area contributed by atoms with E-state index in [4.69, 9.17) is 0 Å². The molecule has 1 aliphatic heterocycles. The molecule has 1 aromatic rings. The molecule has 1 saturated carbocycles. The second-order valence-electron chi connectivity index (χ2n) is 5.46. The summed E-state index contributed by atoms with van der Waals surface area (Å²) in [6.07, 6.45) is 6.80. The van der Waals surface area contributed by atoms with Crippen molar-refractivity contribution >= 4 is 5.82 Å². The zero-order valence-electron chi connectivity index (χ0n) is 11.3. The summed E-state index contributed by atoms with van der Waals surface area (Å²) < 4.78 is 0. The molecule has 0 spiro atoms. The van der Waals surface area contributed by atoms with Crippen molar-refractivity contribution in [3.63, 3.8) is 0 Å². The zero-order chi connectivity index (χ0) is 12.5. The van der Waals surface area contributed by atoms with E-state index < -0.39 is 0 Å². The highest BCUT2D eigenvalue weighted by Crippen LogP contribution is 2.39. The van der Waals surface area contributed by atoms with Crippen molar-refractivity contribution in [1.29, 1.82) is 0 Å². The van der Waals surface area contributed by atoms with E-state index in [2.05, 4.69) is 26.3 Å². The first-order valence-corrected chi connectivity index (χ1v) is 7.07. The van der Waals surface area contributed by atoms with Crippen LogP contribution < -0.4 is 5.32 Å². The Hall–Kier alpha value is -1.16. The van der Waals surface area contributed by atoms with Gasteiger partial charge in [0.05, 0.1) is 11.7 Å². The topological polar surface area (TPSA) is 41.0 Å². The van der Waals surface area contributed by atoms with Crippen molar-refractivity contribution in [2.24, 2.45) is 0 Å². The van der Waals surface area contributed by atoms with Crippen molar-refractivity contribution in [3.8, 4) is 0 Å². The Labute approximate surface area is 109 Å². The monoisotopic (exact) mass is 246 g/mol. The van der Waals surface area contributed by atoms with E-state index in [0.717, 1.165) is 17.7 Å². The third-order valence-electron chi connectivity index (χ3n) is 4.31. The number of nitrogens with one attached hydrogen (secondary N) is 1. The van der Waals surface area contributed by atoms with Gasteiger partial charge in [0, 0.05) is 25.7 Å². The number of aryl methyl sites for hydroxylation is 1. The quantitative estimate of drug-likeness (QED) is 0.889. The lowest BCUT2D eigenvalue weighted by atomic mass is 9.95. The SMILES string of the molecule is CNc1cc(C2CCN2C2CCCC2)nc(C)n1. The minimum Gasteiger partial charge on any atom is -0.373 e. The molecule has 2 fully saturated rings. The molecule has 2 aliphatic rings. The summed E-state index contributed by atoms with van der Waals surface area (Å²) in [5, 5.41) is 3.13. The number of aromatic nitrogens is 2. The highest BCUT2D eigenvalue weighted by atomic mass is 15.3. The number of nitrogens with zero attached hydrogens (tertiary/aromatic N) is 3. The van der Waals surface area contributed by atoms with E-state index in [-0.39, 0.29) is 0 Å². The van der Waals surface area contributed by atoms with Crippen LogP contribution in [0.2, 0.25) is 0 Å². The van der Waals surface area contributed by atoms with Gasteiger partial charge in [-0.15, -0.1) is 0 Å². The lowest BCUT2D eigenvalue weighted by Crippen LogP contribution is -2.47. The first-order valence-electron chi connectivity index (χ1n) is 7.07. The van der Waals surface area contributed by atoms with E-state index in [9.17, 15) is 0 Å². The number of hydrogen-bond acceptors (Lipinski definition) is 4. The highest BCUT2D eigenvalue weighted by molar-refractivity contribution is 5.36. The van der Waals surface area contributed by atoms with Gasteiger partial charge in [0.1, 0.15) is 11.6 Å². The largest absolute Gasteiger partial charge is 0.373 e. The summed E-state index contributed by atoms with van der Waals surface area (Å²) >= 11 is 0. The number of rotatable bonds is 3. The van der Waals surface area contributed by atoms with Crippen LogP contribution in [0, 0.1) is 6.92 Å². The maximum Gasteiger partial charge on any atom is 0.129 e. The van der Waals surface area contributed by atoms with Gasteiger partial charge in [-0.3, -0.25) is 4.90 Å². The molecule has 3 rings (SSSR count). The van der Waals surface area contributed by atoms with Crippen LogP contribution in [0.1, 0.15) is 49.7 Å². The maximum absolute atomic E-state index is 4.63. The third kappa shape index (κ3) is 2.09. The lowest BCUT2D eigenvalue weighted by molar-refractivity contribution is 0.0401. The Balaban J connectivity index is 1.79. The molecule has 0 aromatic carbocycles. The van der Waals surface area contributed by atoms with Crippen LogP contribution in [0.4, 0.5) is 5.82 Å². The van der Waals surface area contributed by atoms with Gasteiger partial charge in [-0.2, -0.15) is 0 Å². The Morgan fingerprint density at radius 1 is 1.22 bits per heavy atom. The standard InChI is InChI=1S/C14H22N4/c1-10-16-12(9-14(15-2)17-10)13-7-8-18(13)11-5-3-4-6-11/h9,11,13H,3-8H2,1-2H3,(H,15,16,17). The van der Waals surface area contributed by atoms with Gasteiger partial charge in [0.2, 0.25) is 0 Å². The fourth-order valence-corrected chi connectivity index (χ4v) is 3.29. The van der Waals surface area contributed by atoms with E-state index in [1.54, 1.807) is 0 Å². The van der Waals surface area contributed by atoms with E-state index in [1.165, 1.54) is 44.3 Å². The molecule has 1 aliphatic carbocycles. The summed E-state index contributed by atoms with van der Waals surface area (Å²) in [6, 6.07) is 3.44. The van der Waals surface area contributed by atoms with Gasteiger partial charge in [-0.25, -0.2) is 9.97 Å². The van der Waals surface area contributed by atoms with Crippen molar-refractivity contribution in [1.82, 2.24) is 14.9 Å². The van der Waals surface area contributed by atoms with E-state index in [1.807, 2.05) is 14.0 Å². The fourth-order valence-electron chi connectivity index (χ4n) is 3.29. The van der Waals surface area contributed by atoms with Gasteiger partial charge in [0.15, 0.2) is 0 Å². The van der Waals surface area contributed by atoms with Crippen LogP contribution in [0.3, 0.4) is 0 Å². The van der Waals surface area contributed by atoms with Crippen LogP contribution in [-0.4, -0.2) is 34.5 Å². The fraction of sp³-hybridized carbons (Fsp3) is 0.714. The Morgan fingerprint density at radius 3 is 2.61 bits per heavy atom. The zero-order valence-corrected chi connectivity index (χ0v) is 11.3. The van der Waals surface area contributed by atoms with Crippen LogP contribution in [0.5, 0.6) is 0 Å². The Morgan fingerprint density at radius 2 is 2.00 bits per heavy atom. The number of hydrogen-bond donors (Lipinski definition) is 1. The van der Waals surface area contributed by atoms with E-state index in [0.29, 0.717) is 6.04 Å². The molecule has 18 heavy (non-hydrogen) atoms. The summed E-state index contributed by atoms with van der Waals surface area (Å²) in [5.41, 5.74) is 1.20. The van der Waals surface area contributed by atoms with Crippen LogP contribution in [-0.2, 0) is 0 Å². The van der Waals surface area contributed by atoms with Crippen molar-refractivity contribution in [2.75, 3.05) is 18.9 Å². The summed E-state index contributed by atoms with van der Waals surface area (Å²) in [6.45, 7) is 3.22. The molecule has 2 heterocycles. The van der Waals surface area contributed by atoms with Gasteiger partial charge in [0.25, 0.3) is 0 Å².